The standard InChI is InChI=1S/C12H26N2S/c1-3-14(4-2)9-10-15-11-12-7-5-6-8-13-12/h12-13H,3-11H2,1-2H3. The zero-order chi connectivity index (χ0) is 10.9. The lowest BCUT2D eigenvalue weighted by atomic mass is 10.1. The third-order valence-electron chi connectivity index (χ3n) is 3.18. The maximum Gasteiger partial charge on any atom is 0.0158 e. The summed E-state index contributed by atoms with van der Waals surface area (Å²) in [6.45, 7) is 9.37. The van der Waals surface area contributed by atoms with Crippen LogP contribution in [0.1, 0.15) is 33.1 Å². The van der Waals surface area contributed by atoms with E-state index in [-0.39, 0.29) is 0 Å². The van der Waals surface area contributed by atoms with Crippen LogP contribution in [0, 0.1) is 0 Å². The second-order valence-corrected chi connectivity index (χ2v) is 5.40. The minimum absolute atomic E-state index is 0.792. The molecule has 0 aromatic carbocycles. The van der Waals surface area contributed by atoms with E-state index in [4.69, 9.17) is 0 Å². The lowest BCUT2D eigenvalue weighted by Crippen LogP contribution is -2.36. The van der Waals surface area contributed by atoms with Gasteiger partial charge in [0.15, 0.2) is 0 Å². The highest BCUT2D eigenvalue weighted by Crippen LogP contribution is 2.12. The molecule has 1 unspecified atom stereocenters. The summed E-state index contributed by atoms with van der Waals surface area (Å²) in [5.41, 5.74) is 0. The predicted octanol–water partition coefficient (Wildman–Crippen LogP) is 2.20. The van der Waals surface area contributed by atoms with E-state index in [1.807, 2.05) is 0 Å². The lowest BCUT2D eigenvalue weighted by Gasteiger charge is -2.23. The van der Waals surface area contributed by atoms with Crippen molar-refractivity contribution in [2.75, 3.05) is 37.7 Å². The van der Waals surface area contributed by atoms with Crippen LogP contribution in [0.2, 0.25) is 0 Å². The maximum atomic E-state index is 3.60. The molecule has 0 amide bonds. The molecule has 1 rings (SSSR count). The molecule has 2 nitrogen and oxygen atoms in total. The van der Waals surface area contributed by atoms with E-state index in [2.05, 4.69) is 35.8 Å². The molecule has 0 aromatic rings. The molecule has 1 atom stereocenters. The van der Waals surface area contributed by atoms with Crippen molar-refractivity contribution in [3.8, 4) is 0 Å². The van der Waals surface area contributed by atoms with Gasteiger partial charge in [0.1, 0.15) is 0 Å². The summed E-state index contributed by atoms with van der Waals surface area (Å²) >= 11 is 2.11. The van der Waals surface area contributed by atoms with Crippen LogP contribution in [0.3, 0.4) is 0 Å². The molecule has 1 aliphatic rings. The van der Waals surface area contributed by atoms with Crippen molar-refractivity contribution in [3.05, 3.63) is 0 Å². The average Bonchev–Trinajstić information content (AvgIpc) is 2.31. The quantitative estimate of drug-likeness (QED) is 0.675. The Morgan fingerprint density at radius 3 is 2.67 bits per heavy atom. The normalized spacial score (nSPS) is 22.2. The Hall–Kier alpha value is 0.270. The summed E-state index contributed by atoms with van der Waals surface area (Å²) < 4.78 is 0. The summed E-state index contributed by atoms with van der Waals surface area (Å²) in [7, 11) is 0. The fourth-order valence-corrected chi connectivity index (χ4v) is 3.15. The van der Waals surface area contributed by atoms with Crippen molar-refractivity contribution in [1.29, 1.82) is 0 Å². The van der Waals surface area contributed by atoms with E-state index in [1.165, 1.54) is 56.9 Å². The van der Waals surface area contributed by atoms with E-state index in [0.29, 0.717) is 0 Å². The second-order valence-electron chi connectivity index (χ2n) is 4.25. The van der Waals surface area contributed by atoms with Crippen molar-refractivity contribution in [2.45, 2.75) is 39.2 Å². The minimum atomic E-state index is 0.792. The minimum Gasteiger partial charge on any atom is -0.313 e. The Morgan fingerprint density at radius 1 is 1.27 bits per heavy atom. The van der Waals surface area contributed by atoms with Crippen molar-refractivity contribution < 1.29 is 0 Å². The molecule has 15 heavy (non-hydrogen) atoms. The summed E-state index contributed by atoms with van der Waals surface area (Å²) in [5.74, 6) is 2.60. The molecule has 0 aliphatic carbocycles. The molecule has 3 heteroatoms. The number of hydrogen-bond acceptors (Lipinski definition) is 3. The van der Waals surface area contributed by atoms with Gasteiger partial charge in [-0.3, -0.25) is 0 Å². The summed E-state index contributed by atoms with van der Waals surface area (Å²) in [5, 5.41) is 3.60. The van der Waals surface area contributed by atoms with Crippen LogP contribution in [0.4, 0.5) is 0 Å². The number of hydrogen-bond donors (Lipinski definition) is 1. The molecule has 0 aromatic heterocycles. The van der Waals surface area contributed by atoms with Gasteiger partial charge in [-0.1, -0.05) is 20.3 Å². The smallest absolute Gasteiger partial charge is 0.0158 e. The van der Waals surface area contributed by atoms with Crippen LogP contribution in [0.5, 0.6) is 0 Å². The Kier molecular flexibility index (Phi) is 7.49. The number of nitrogens with one attached hydrogen (secondary N) is 1. The molecule has 90 valence electrons. The summed E-state index contributed by atoms with van der Waals surface area (Å²) in [6, 6.07) is 0.792. The molecule has 0 spiro atoms. The molecular formula is C12H26N2S. The van der Waals surface area contributed by atoms with Gasteiger partial charge in [0, 0.05) is 24.1 Å². The SMILES string of the molecule is CCN(CC)CCSCC1CCCCN1. The van der Waals surface area contributed by atoms with E-state index >= 15 is 0 Å². The highest BCUT2D eigenvalue weighted by atomic mass is 32.2. The lowest BCUT2D eigenvalue weighted by molar-refractivity contribution is 0.323. The monoisotopic (exact) mass is 230 g/mol. The van der Waals surface area contributed by atoms with Crippen molar-refractivity contribution in [2.24, 2.45) is 0 Å². The molecular weight excluding hydrogens is 204 g/mol. The van der Waals surface area contributed by atoms with E-state index in [9.17, 15) is 0 Å². The third kappa shape index (κ3) is 5.79. The highest BCUT2D eigenvalue weighted by molar-refractivity contribution is 7.99. The number of nitrogens with zero attached hydrogens (tertiary/aromatic N) is 1. The van der Waals surface area contributed by atoms with Crippen LogP contribution in [0.25, 0.3) is 0 Å². The molecule has 1 heterocycles. The first-order valence-corrected chi connectivity index (χ1v) is 7.55. The Labute approximate surface area is 99.2 Å². The van der Waals surface area contributed by atoms with Gasteiger partial charge in [-0.2, -0.15) is 11.8 Å². The van der Waals surface area contributed by atoms with Gasteiger partial charge in [-0.15, -0.1) is 0 Å². The summed E-state index contributed by atoms with van der Waals surface area (Å²) in [6.07, 6.45) is 4.19. The summed E-state index contributed by atoms with van der Waals surface area (Å²) in [4.78, 5) is 2.50. The van der Waals surface area contributed by atoms with Gasteiger partial charge >= 0.3 is 0 Å². The van der Waals surface area contributed by atoms with Crippen molar-refractivity contribution in [1.82, 2.24) is 10.2 Å². The van der Waals surface area contributed by atoms with Gasteiger partial charge in [-0.25, -0.2) is 0 Å². The average molecular weight is 230 g/mol. The topological polar surface area (TPSA) is 15.3 Å². The highest BCUT2D eigenvalue weighted by Gasteiger charge is 2.11. The number of rotatable bonds is 7. The van der Waals surface area contributed by atoms with Crippen LogP contribution in [0.15, 0.2) is 0 Å². The fourth-order valence-electron chi connectivity index (χ4n) is 2.03. The van der Waals surface area contributed by atoms with Crippen LogP contribution in [-0.4, -0.2) is 48.6 Å². The van der Waals surface area contributed by atoms with Gasteiger partial charge < -0.3 is 10.2 Å². The first kappa shape index (κ1) is 13.3. The Balaban J connectivity index is 1.95. The largest absolute Gasteiger partial charge is 0.313 e. The molecule has 1 N–H and O–H groups in total. The molecule has 0 bridgehead atoms. The Morgan fingerprint density at radius 2 is 2.07 bits per heavy atom. The van der Waals surface area contributed by atoms with Gasteiger partial charge in [0.25, 0.3) is 0 Å². The van der Waals surface area contributed by atoms with Crippen molar-refractivity contribution in [3.63, 3.8) is 0 Å². The fraction of sp³-hybridized carbons (Fsp3) is 1.00. The predicted molar refractivity (Wildman–Crippen MR) is 70.8 cm³/mol. The Bertz CT molecular complexity index is 143. The van der Waals surface area contributed by atoms with Gasteiger partial charge in [0.2, 0.25) is 0 Å². The maximum absolute atomic E-state index is 3.60. The zero-order valence-electron chi connectivity index (χ0n) is 10.3. The first-order valence-electron chi connectivity index (χ1n) is 6.40. The second kappa shape index (κ2) is 8.43. The van der Waals surface area contributed by atoms with Crippen LogP contribution < -0.4 is 5.32 Å². The molecule has 0 radical (unpaired) electrons. The van der Waals surface area contributed by atoms with Crippen LogP contribution >= 0.6 is 11.8 Å². The zero-order valence-corrected chi connectivity index (χ0v) is 11.1. The molecule has 1 saturated heterocycles. The van der Waals surface area contributed by atoms with Crippen LogP contribution in [-0.2, 0) is 0 Å². The first-order chi connectivity index (χ1) is 7.36. The van der Waals surface area contributed by atoms with Crippen molar-refractivity contribution >= 4 is 11.8 Å². The number of piperidine rings is 1. The van der Waals surface area contributed by atoms with Gasteiger partial charge in [0.05, 0.1) is 0 Å². The van der Waals surface area contributed by atoms with Gasteiger partial charge in [-0.05, 0) is 32.5 Å². The van der Waals surface area contributed by atoms with E-state index in [0.717, 1.165) is 6.04 Å². The molecule has 1 fully saturated rings. The molecule has 1 aliphatic heterocycles. The number of thioether (sulfide) groups is 1. The van der Waals surface area contributed by atoms with E-state index < -0.39 is 0 Å². The molecule has 0 saturated carbocycles. The third-order valence-corrected chi connectivity index (χ3v) is 4.29. The van der Waals surface area contributed by atoms with E-state index in [1.54, 1.807) is 0 Å².